The molecule has 0 aromatic rings. The first kappa shape index (κ1) is 21.4. The van der Waals surface area contributed by atoms with Crippen molar-refractivity contribution in [1.29, 1.82) is 0 Å². The molecule has 1 aliphatic heterocycles. The van der Waals surface area contributed by atoms with Crippen LogP contribution >= 0.6 is 0 Å². The molecule has 6 nitrogen and oxygen atoms in total. The fourth-order valence-electron chi connectivity index (χ4n) is 3.75. The number of aldehydes is 1. The Morgan fingerprint density at radius 1 is 1.41 bits per heavy atom. The van der Waals surface area contributed by atoms with Gasteiger partial charge in [0.05, 0.1) is 0 Å². The Balaban J connectivity index is 1.94. The Hall–Kier alpha value is -1.95. The van der Waals surface area contributed by atoms with E-state index in [2.05, 4.69) is 6.08 Å². The van der Waals surface area contributed by atoms with E-state index in [0.29, 0.717) is 13.1 Å². The number of amides is 2. The maximum atomic E-state index is 12.5. The van der Waals surface area contributed by atoms with Crippen LogP contribution in [0.1, 0.15) is 34.1 Å². The third-order valence-corrected chi connectivity index (χ3v) is 6.14. The van der Waals surface area contributed by atoms with Crippen molar-refractivity contribution in [3.05, 3.63) is 23.8 Å². The smallest absolute Gasteiger partial charge is 0.228 e. The van der Waals surface area contributed by atoms with E-state index >= 15 is 0 Å². The minimum Gasteiger partial charge on any atom is -0.373 e. The number of nitrogens with zero attached hydrogens (tertiary/aromatic N) is 2. The van der Waals surface area contributed by atoms with Gasteiger partial charge in [-0.2, -0.15) is 0 Å². The molecule has 6 unspecified atom stereocenters. The quantitative estimate of drug-likeness (QED) is 0.688. The molecule has 0 radical (unpaired) electrons. The van der Waals surface area contributed by atoms with E-state index in [1.54, 1.807) is 30.7 Å². The number of carbonyl (C=O) groups excluding carboxylic acids is 3. The Kier molecular flexibility index (Phi) is 6.98. The van der Waals surface area contributed by atoms with Gasteiger partial charge >= 0.3 is 0 Å². The summed E-state index contributed by atoms with van der Waals surface area (Å²) < 4.78 is 0. The predicted octanol–water partition coefficient (Wildman–Crippen LogP) is 1.85. The Bertz CT molecular complexity index is 642. The molecule has 2 rings (SSSR count). The van der Waals surface area contributed by atoms with Crippen LogP contribution in [-0.2, 0) is 14.4 Å². The van der Waals surface area contributed by atoms with Crippen LogP contribution in [0, 0.1) is 29.6 Å². The number of likely N-dealkylation sites (tertiary alicyclic amines) is 1. The topological polar surface area (TPSA) is 77.9 Å². The molecule has 1 heterocycles. The van der Waals surface area contributed by atoms with Crippen molar-refractivity contribution in [2.75, 3.05) is 20.1 Å². The molecule has 150 valence electrons. The fourth-order valence-corrected chi connectivity index (χ4v) is 3.75. The highest BCUT2D eigenvalue weighted by Gasteiger charge is 2.42. The first-order valence-corrected chi connectivity index (χ1v) is 9.72. The van der Waals surface area contributed by atoms with E-state index in [-0.39, 0.29) is 41.4 Å². The lowest BCUT2D eigenvalue weighted by molar-refractivity contribution is -0.137. The zero-order chi connectivity index (χ0) is 20.3. The van der Waals surface area contributed by atoms with Crippen molar-refractivity contribution >= 4 is 18.1 Å². The SMILES string of the molecule is CC(C=O)C(C)C(=O)N(C)CC1C=CC=C(CN2C(=O)C(C)C(C)C2O)C1. The highest BCUT2D eigenvalue weighted by Crippen LogP contribution is 2.31. The van der Waals surface area contributed by atoms with Gasteiger partial charge in [0.15, 0.2) is 0 Å². The maximum Gasteiger partial charge on any atom is 0.228 e. The lowest BCUT2D eigenvalue weighted by Gasteiger charge is -2.29. The van der Waals surface area contributed by atoms with Crippen LogP contribution in [-0.4, -0.2) is 59.4 Å². The van der Waals surface area contributed by atoms with Gasteiger partial charge in [0.2, 0.25) is 11.8 Å². The summed E-state index contributed by atoms with van der Waals surface area (Å²) in [6.07, 6.45) is 6.83. The van der Waals surface area contributed by atoms with Gasteiger partial charge < -0.3 is 19.7 Å². The molecule has 27 heavy (non-hydrogen) atoms. The zero-order valence-corrected chi connectivity index (χ0v) is 17.0. The van der Waals surface area contributed by atoms with E-state index < -0.39 is 6.23 Å². The van der Waals surface area contributed by atoms with E-state index in [1.807, 2.05) is 26.0 Å². The monoisotopic (exact) mass is 376 g/mol. The van der Waals surface area contributed by atoms with Gasteiger partial charge in [-0.05, 0) is 12.3 Å². The van der Waals surface area contributed by atoms with Gasteiger partial charge in [-0.1, -0.05) is 51.5 Å². The average molecular weight is 376 g/mol. The number of hydrogen-bond donors (Lipinski definition) is 1. The van der Waals surface area contributed by atoms with Crippen LogP contribution in [0.5, 0.6) is 0 Å². The van der Waals surface area contributed by atoms with Crippen LogP contribution in [0.3, 0.4) is 0 Å². The Labute approximate surface area is 161 Å². The number of hydrogen-bond acceptors (Lipinski definition) is 4. The lowest BCUT2D eigenvalue weighted by atomic mass is 9.92. The zero-order valence-electron chi connectivity index (χ0n) is 17.0. The molecule has 0 spiro atoms. The molecule has 2 amide bonds. The molecule has 0 aromatic heterocycles. The predicted molar refractivity (Wildman–Crippen MR) is 103 cm³/mol. The summed E-state index contributed by atoms with van der Waals surface area (Å²) in [6, 6.07) is 0. The number of carbonyl (C=O) groups is 3. The number of aliphatic hydroxyl groups is 1. The molecule has 1 fully saturated rings. The second-order valence-corrected chi connectivity index (χ2v) is 8.20. The van der Waals surface area contributed by atoms with Crippen molar-refractivity contribution in [3.63, 3.8) is 0 Å². The van der Waals surface area contributed by atoms with Gasteiger partial charge in [-0.15, -0.1) is 0 Å². The van der Waals surface area contributed by atoms with Crippen molar-refractivity contribution in [3.8, 4) is 0 Å². The lowest BCUT2D eigenvalue weighted by Crippen LogP contribution is -2.39. The molecule has 6 heteroatoms. The largest absolute Gasteiger partial charge is 0.373 e. The summed E-state index contributed by atoms with van der Waals surface area (Å²) in [7, 11) is 1.76. The molecule has 0 aromatic carbocycles. The third-order valence-electron chi connectivity index (χ3n) is 6.14. The Morgan fingerprint density at radius 3 is 2.63 bits per heavy atom. The number of aliphatic hydroxyl groups excluding tert-OH is 1. The molecule has 2 aliphatic rings. The molecule has 1 saturated heterocycles. The number of rotatable bonds is 7. The fraction of sp³-hybridized carbons (Fsp3) is 0.667. The normalized spacial score (nSPS) is 30.1. The molecule has 6 atom stereocenters. The van der Waals surface area contributed by atoms with Gasteiger partial charge in [0.1, 0.15) is 12.5 Å². The summed E-state index contributed by atoms with van der Waals surface area (Å²) in [4.78, 5) is 39.0. The highest BCUT2D eigenvalue weighted by atomic mass is 16.3. The van der Waals surface area contributed by atoms with Crippen LogP contribution in [0.4, 0.5) is 0 Å². The standard InChI is InChI=1S/C21H32N2O4/c1-13(12-24)14(2)19(25)22(5)10-17-7-6-8-18(9-17)11-23-20(26)15(3)16(4)21(23)27/h6-8,12-17,20,26H,9-11H2,1-5H3. The van der Waals surface area contributed by atoms with E-state index in [4.69, 9.17) is 0 Å². The second-order valence-electron chi connectivity index (χ2n) is 8.20. The van der Waals surface area contributed by atoms with Crippen molar-refractivity contribution in [1.82, 2.24) is 9.80 Å². The first-order chi connectivity index (χ1) is 12.7. The van der Waals surface area contributed by atoms with Gasteiger partial charge in [-0.3, -0.25) is 9.59 Å². The van der Waals surface area contributed by atoms with Crippen LogP contribution in [0.15, 0.2) is 23.8 Å². The second kappa shape index (κ2) is 8.83. The van der Waals surface area contributed by atoms with Crippen molar-refractivity contribution in [2.45, 2.75) is 40.3 Å². The van der Waals surface area contributed by atoms with E-state index in [0.717, 1.165) is 18.3 Å². The number of allylic oxidation sites excluding steroid dienone is 2. The summed E-state index contributed by atoms with van der Waals surface area (Å²) >= 11 is 0. The van der Waals surface area contributed by atoms with Crippen molar-refractivity contribution in [2.24, 2.45) is 29.6 Å². The molecular weight excluding hydrogens is 344 g/mol. The van der Waals surface area contributed by atoms with Crippen LogP contribution < -0.4 is 0 Å². The summed E-state index contributed by atoms with van der Waals surface area (Å²) in [5, 5.41) is 10.3. The molecule has 0 saturated carbocycles. The van der Waals surface area contributed by atoms with Crippen LogP contribution in [0.2, 0.25) is 0 Å². The van der Waals surface area contributed by atoms with Gasteiger partial charge in [0.25, 0.3) is 0 Å². The van der Waals surface area contributed by atoms with E-state index in [1.165, 1.54) is 0 Å². The first-order valence-electron chi connectivity index (χ1n) is 9.72. The van der Waals surface area contributed by atoms with Gasteiger partial charge in [-0.25, -0.2) is 0 Å². The minimum absolute atomic E-state index is 0.00836. The molecule has 1 N–H and O–H groups in total. The third kappa shape index (κ3) is 4.67. The highest BCUT2D eigenvalue weighted by molar-refractivity contribution is 5.82. The molecular formula is C21H32N2O4. The Morgan fingerprint density at radius 2 is 2.07 bits per heavy atom. The summed E-state index contributed by atoms with van der Waals surface area (Å²) in [5.74, 6) is -0.765. The minimum atomic E-state index is -0.743. The summed E-state index contributed by atoms with van der Waals surface area (Å²) in [6.45, 7) is 8.27. The maximum absolute atomic E-state index is 12.5. The molecule has 0 bridgehead atoms. The average Bonchev–Trinajstić information content (AvgIpc) is 2.84. The van der Waals surface area contributed by atoms with Crippen molar-refractivity contribution < 1.29 is 19.5 Å². The summed E-state index contributed by atoms with van der Waals surface area (Å²) in [5.41, 5.74) is 1.08. The van der Waals surface area contributed by atoms with Gasteiger partial charge in [0, 0.05) is 43.8 Å². The van der Waals surface area contributed by atoms with Crippen LogP contribution in [0.25, 0.3) is 0 Å². The molecule has 1 aliphatic carbocycles. The van der Waals surface area contributed by atoms with E-state index in [9.17, 15) is 19.5 Å².